The third-order valence-corrected chi connectivity index (χ3v) is 5.24. The lowest BCUT2D eigenvalue weighted by Gasteiger charge is -2.16. The zero-order valence-electron chi connectivity index (χ0n) is 17.2. The first-order valence-corrected chi connectivity index (χ1v) is 9.94. The van der Waals surface area contributed by atoms with Crippen LogP contribution in [0.25, 0.3) is 5.57 Å². The van der Waals surface area contributed by atoms with E-state index in [1.807, 2.05) is 0 Å². The molecule has 0 saturated carbocycles. The van der Waals surface area contributed by atoms with Gasteiger partial charge in [0.05, 0.1) is 30.5 Å². The molecule has 0 spiro atoms. The number of nitrogens with zero attached hydrogens (tertiary/aromatic N) is 1. The summed E-state index contributed by atoms with van der Waals surface area (Å²) in [6, 6.07) is 16.9. The Bertz CT molecular complexity index is 1240. The minimum absolute atomic E-state index is 0.0469. The first-order valence-electron chi connectivity index (χ1n) is 9.56. The molecule has 1 heterocycles. The van der Waals surface area contributed by atoms with Gasteiger partial charge in [-0.1, -0.05) is 29.8 Å². The SMILES string of the molecule is COc1cccc(N2C(=O)C(Nc3ccc(OC)c(Cl)c3)=C(c3ccc(F)cc3)C2=O)c1. The van der Waals surface area contributed by atoms with Crippen molar-refractivity contribution in [3.63, 3.8) is 0 Å². The van der Waals surface area contributed by atoms with Crippen molar-refractivity contribution in [2.24, 2.45) is 0 Å². The third kappa shape index (κ3) is 3.90. The number of ether oxygens (including phenoxy) is 2. The number of halogens is 2. The summed E-state index contributed by atoms with van der Waals surface area (Å²) >= 11 is 6.21. The maximum absolute atomic E-state index is 13.5. The molecule has 1 aliphatic rings. The fourth-order valence-electron chi connectivity index (χ4n) is 3.40. The monoisotopic (exact) mass is 452 g/mol. The standard InChI is InChI=1S/C24H18ClFN2O4/c1-31-18-5-3-4-17(13-18)28-23(29)21(14-6-8-15(26)9-7-14)22(24(28)30)27-16-10-11-20(32-2)19(25)12-16/h3-13,27H,1-2H3. The Morgan fingerprint density at radius 2 is 1.66 bits per heavy atom. The topological polar surface area (TPSA) is 67.9 Å². The molecule has 0 fully saturated rings. The lowest BCUT2D eigenvalue weighted by atomic mass is 10.0. The van der Waals surface area contributed by atoms with Crippen molar-refractivity contribution in [1.29, 1.82) is 0 Å². The van der Waals surface area contributed by atoms with Crippen LogP contribution in [-0.4, -0.2) is 26.0 Å². The van der Waals surface area contributed by atoms with Gasteiger partial charge in [-0.05, 0) is 48.0 Å². The molecule has 0 aromatic heterocycles. The predicted molar refractivity (Wildman–Crippen MR) is 120 cm³/mol. The molecule has 1 aliphatic heterocycles. The molecule has 32 heavy (non-hydrogen) atoms. The molecule has 6 nitrogen and oxygen atoms in total. The summed E-state index contributed by atoms with van der Waals surface area (Å²) in [7, 11) is 2.99. The number of hydrogen-bond acceptors (Lipinski definition) is 5. The zero-order chi connectivity index (χ0) is 22.8. The van der Waals surface area contributed by atoms with Gasteiger partial charge in [-0.15, -0.1) is 0 Å². The largest absolute Gasteiger partial charge is 0.497 e. The first kappa shape index (κ1) is 21.4. The molecule has 0 aliphatic carbocycles. The zero-order valence-corrected chi connectivity index (χ0v) is 17.9. The van der Waals surface area contributed by atoms with E-state index in [4.69, 9.17) is 21.1 Å². The van der Waals surface area contributed by atoms with Crippen molar-refractivity contribution in [3.05, 3.63) is 88.8 Å². The lowest BCUT2D eigenvalue weighted by molar-refractivity contribution is -0.120. The number of benzene rings is 3. The summed E-state index contributed by atoms with van der Waals surface area (Å²) < 4.78 is 23.9. The lowest BCUT2D eigenvalue weighted by Crippen LogP contribution is -2.32. The van der Waals surface area contributed by atoms with Crippen molar-refractivity contribution in [2.45, 2.75) is 0 Å². The van der Waals surface area contributed by atoms with Crippen LogP contribution in [0.4, 0.5) is 15.8 Å². The summed E-state index contributed by atoms with van der Waals surface area (Å²) in [6.45, 7) is 0. The van der Waals surface area contributed by atoms with Crippen molar-refractivity contribution < 1.29 is 23.5 Å². The molecular weight excluding hydrogens is 435 g/mol. The summed E-state index contributed by atoms with van der Waals surface area (Å²) in [4.78, 5) is 27.8. The van der Waals surface area contributed by atoms with Gasteiger partial charge in [-0.3, -0.25) is 9.59 Å². The molecule has 0 atom stereocenters. The molecule has 0 unspecified atom stereocenters. The van der Waals surface area contributed by atoms with Crippen LogP contribution in [0, 0.1) is 5.82 Å². The number of anilines is 2. The van der Waals surface area contributed by atoms with Crippen LogP contribution in [0.15, 0.2) is 72.4 Å². The van der Waals surface area contributed by atoms with E-state index in [1.165, 1.54) is 38.5 Å². The molecular formula is C24H18ClFN2O4. The number of amides is 2. The minimum Gasteiger partial charge on any atom is -0.497 e. The second-order valence-electron chi connectivity index (χ2n) is 6.88. The highest BCUT2D eigenvalue weighted by Crippen LogP contribution is 2.36. The fourth-order valence-corrected chi connectivity index (χ4v) is 3.66. The highest BCUT2D eigenvalue weighted by atomic mass is 35.5. The van der Waals surface area contributed by atoms with Crippen molar-refractivity contribution in [2.75, 3.05) is 24.4 Å². The van der Waals surface area contributed by atoms with Gasteiger partial charge in [0.15, 0.2) is 0 Å². The Kier molecular flexibility index (Phi) is 5.83. The smallest absolute Gasteiger partial charge is 0.282 e. The van der Waals surface area contributed by atoms with E-state index in [0.717, 1.165) is 4.90 Å². The van der Waals surface area contributed by atoms with E-state index in [-0.39, 0.29) is 11.3 Å². The average Bonchev–Trinajstić information content (AvgIpc) is 3.04. The molecule has 162 valence electrons. The Morgan fingerprint density at radius 3 is 2.31 bits per heavy atom. The number of carbonyl (C=O) groups is 2. The van der Waals surface area contributed by atoms with Gasteiger partial charge in [0.1, 0.15) is 23.0 Å². The first-order chi connectivity index (χ1) is 15.4. The summed E-state index contributed by atoms with van der Waals surface area (Å²) in [5.41, 5.74) is 1.40. The Hall–Kier alpha value is -3.84. The van der Waals surface area contributed by atoms with E-state index in [1.54, 1.807) is 42.5 Å². The highest BCUT2D eigenvalue weighted by molar-refractivity contribution is 6.46. The summed E-state index contributed by atoms with van der Waals surface area (Å²) in [5.74, 6) is -0.592. The van der Waals surface area contributed by atoms with Gasteiger partial charge in [0.2, 0.25) is 0 Å². The van der Waals surface area contributed by atoms with Crippen LogP contribution < -0.4 is 19.7 Å². The number of carbonyl (C=O) groups excluding carboxylic acids is 2. The molecule has 3 aromatic rings. The Balaban J connectivity index is 1.81. The van der Waals surface area contributed by atoms with Gasteiger partial charge in [-0.2, -0.15) is 0 Å². The van der Waals surface area contributed by atoms with E-state index in [0.29, 0.717) is 33.5 Å². The van der Waals surface area contributed by atoms with Crippen LogP contribution >= 0.6 is 11.6 Å². The summed E-state index contributed by atoms with van der Waals surface area (Å²) in [6.07, 6.45) is 0. The van der Waals surface area contributed by atoms with Crippen LogP contribution in [0.1, 0.15) is 5.56 Å². The number of hydrogen-bond donors (Lipinski definition) is 1. The Labute approximate surface area is 188 Å². The van der Waals surface area contributed by atoms with Gasteiger partial charge in [-0.25, -0.2) is 9.29 Å². The second kappa shape index (κ2) is 8.72. The molecule has 0 bridgehead atoms. The number of imide groups is 1. The number of rotatable bonds is 6. The Morgan fingerprint density at radius 1 is 0.906 bits per heavy atom. The van der Waals surface area contributed by atoms with Crippen molar-refractivity contribution in [1.82, 2.24) is 0 Å². The van der Waals surface area contributed by atoms with Gasteiger partial charge in [0, 0.05) is 11.8 Å². The van der Waals surface area contributed by atoms with Gasteiger partial charge in [0.25, 0.3) is 11.8 Å². The maximum atomic E-state index is 13.5. The van der Waals surface area contributed by atoms with Crippen molar-refractivity contribution >= 4 is 40.4 Å². The number of methoxy groups -OCH3 is 2. The van der Waals surface area contributed by atoms with E-state index in [2.05, 4.69) is 5.32 Å². The maximum Gasteiger partial charge on any atom is 0.282 e. The molecule has 0 saturated heterocycles. The van der Waals surface area contributed by atoms with Crippen LogP contribution in [-0.2, 0) is 9.59 Å². The molecule has 1 N–H and O–H groups in total. The highest BCUT2D eigenvalue weighted by Gasteiger charge is 2.40. The third-order valence-electron chi connectivity index (χ3n) is 4.95. The molecule has 3 aromatic carbocycles. The van der Waals surface area contributed by atoms with E-state index >= 15 is 0 Å². The van der Waals surface area contributed by atoms with E-state index < -0.39 is 17.6 Å². The molecule has 8 heteroatoms. The average molecular weight is 453 g/mol. The second-order valence-corrected chi connectivity index (χ2v) is 7.29. The normalized spacial score (nSPS) is 13.6. The quantitative estimate of drug-likeness (QED) is 0.539. The van der Waals surface area contributed by atoms with Crippen LogP contribution in [0.5, 0.6) is 11.5 Å². The minimum atomic E-state index is -0.561. The van der Waals surface area contributed by atoms with Gasteiger partial charge >= 0.3 is 0 Å². The molecule has 0 radical (unpaired) electrons. The van der Waals surface area contributed by atoms with E-state index in [9.17, 15) is 14.0 Å². The van der Waals surface area contributed by atoms with Crippen LogP contribution in [0.3, 0.4) is 0 Å². The summed E-state index contributed by atoms with van der Waals surface area (Å²) in [5, 5.41) is 3.34. The predicted octanol–water partition coefficient (Wildman–Crippen LogP) is 4.89. The fraction of sp³-hybridized carbons (Fsp3) is 0.0833. The van der Waals surface area contributed by atoms with Gasteiger partial charge < -0.3 is 14.8 Å². The van der Waals surface area contributed by atoms with Crippen molar-refractivity contribution in [3.8, 4) is 11.5 Å². The number of nitrogens with one attached hydrogen (secondary N) is 1. The molecule has 4 rings (SSSR count). The van der Waals surface area contributed by atoms with Crippen LogP contribution in [0.2, 0.25) is 5.02 Å². The molecule has 2 amide bonds.